The van der Waals surface area contributed by atoms with E-state index < -0.39 is 5.97 Å². The van der Waals surface area contributed by atoms with Gasteiger partial charge in [-0.05, 0) is 55.0 Å². The third-order valence-electron chi connectivity index (χ3n) is 5.03. The van der Waals surface area contributed by atoms with Gasteiger partial charge in [0.05, 0.1) is 5.56 Å². The van der Waals surface area contributed by atoms with Crippen molar-refractivity contribution >= 4 is 28.3 Å². The number of esters is 1. The number of fused-ring (bicyclic) bond motifs is 1. The Balaban J connectivity index is 1.42. The van der Waals surface area contributed by atoms with Crippen molar-refractivity contribution in [1.82, 2.24) is 4.57 Å². The van der Waals surface area contributed by atoms with Crippen LogP contribution < -0.4 is 5.32 Å². The van der Waals surface area contributed by atoms with Crippen molar-refractivity contribution in [3.63, 3.8) is 0 Å². The summed E-state index contributed by atoms with van der Waals surface area (Å²) in [7, 11) is 0. The third kappa shape index (κ3) is 3.96. The molecule has 5 nitrogen and oxygen atoms in total. The van der Waals surface area contributed by atoms with E-state index in [9.17, 15) is 9.59 Å². The van der Waals surface area contributed by atoms with Crippen molar-refractivity contribution in [2.75, 3.05) is 11.9 Å². The largest absolute Gasteiger partial charge is 0.452 e. The molecular weight excluding hydrogens is 376 g/mol. The second-order valence-electron chi connectivity index (χ2n) is 7.14. The highest BCUT2D eigenvalue weighted by Crippen LogP contribution is 2.22. The maximum absolute atomic E-state index is 12.6. The molecule has 0 fully saturated rings. The van der Waals surface area contributed by atoms with E-state index >= 15 is 0 Å². The van der Waals surface area contributed by atoms with Crippen LogP contribution in [0.5, 0.6) is 0 Å². The number of amides is 1. The topological polar surface area (TPSA) is 60.3 Å². The number of nitrogens with zero attached hydrogens (tertiary/aromatic N) is 1. The number of para-hydroxylation sites is 1. The lowest BCUT2D eigenvalue weighted by Crippen LogP contribution is -2.21. The minimum Gasteiger partial charge on any atom is -0.452 e. The Labute approximate surface area is 174 Å². The van der Waals surface area contributed by atoms with Crippen molar-refractivity contribution in [3.05, 3.63) is 95.8 Å². The van der Waals surface area contributed by atoms with Crippen LogP contribution >= 0.6 is 0 Å². The summed E-state index contributed by atoms with van der Waals surface area (Å²) in [5, 5.41) is 4.90. The van der Waals surface area contributed by atoms with Crippen LogP contribution in [0.4, 0.5) is 5.69 Å². The molecule has 150 valence electrons. The number of anilines is 1. The molecule has 0 spiro atoms. The fourth-order valence-electron chi connectivity index (χ4n) is 3.62. The molecule has 0 unspecified atom stereocenters. The maximum atomic E-state index is 12.6. The molecule has 3 aromatic carbocycles. The van der Waals surface area contributed by atoms with Crippen LogP contribution in [0.15, 0.2) is 78.9 Å². The average Bonchev–Trinajstić information content (AvgIpc) is 3.06. The smallest absolute Gasteiger partial charge is 0.340 e. The van der Waals surface area contributed by atoms with Crippen molar-refractivity contribution < 1.29 is 14.3 Å². The van der Waals surface area contributed by atoms with Gasteiger partial charge in [0.15, 0.2) is 6.61 Å². The Morgan fingerprint density at radius 1 is 0.867 bits per heavy atom. The molecule has 30 heavy (non-hydrogen) atoms. The lowest BCUT2D eigenvalue weighted by Gasteiger charge is -2.10. The number of aryl methyl sites for hydroxylation is 1. The Morgan fingerprint density at radius 3 is 2.33 bits per heavy atom. The molecule has 1 heterocycles. The number of nitrogens with one attached hydrogen (secondary N) is 1. The summed E-state index contributed by atoms with van der Waals surface area (Å²) in [6.07, 6.45) is 0. The molecule has 1 aromatic heterocycles. The fourth-order valence-corrected chi connectivity index (χ4v) is 3.62. The van der Waals surface area contributed by atoms with Gasteiger partial charge < -0.3 is 14.6 Å². The summed E-state index contributed by atoms with van der Waals surface area (Å²) in [6.45, 7) is 3.45. The first-order valence-electron chi connectivity index (χ1n) is 9.73. The third-order valence-corrected chi connectivity index (χ3v) is 5.03. The highest BCUT2D eigenvalue weighted by molar-refractivity contribution is 5.97. The molecule has 1 N–H and O–H groups in total. The predicted molar refractivity (Wildman–Crippen MR) is 118 cm³/mol. The second-order valence-corrected chi connectivity index (χ2v) is 7.14. The summed E-state index contributed by atoms with van der Waals surface area (Å²) >= 11 is 0. The van der Waals surface area contributed by atoms with Crippen LogP contribution in [0.2, 0.25) is 0 Å². The number of aromatic nitrogens is 1. The van der Waals surface area contributed by atoms with Crippen molar-refractivity contribution in [2.24, 2.45) is 0 Å². The van der Waals surface area contributed by atoms with Crippen molar-refractivity contribution in [1.29, 1.82) is 0 Å². The molecule has 0 atom stereocenters. The van der Waals surface area contributed by atoms with Gasteiger partial charge in [-0.2, -0.15) is 0 Å². The van der Waals surface area contributed by atoms with Gasteiger partial charge in [0.1, 0.15) is 0 Å². The maximum Gasteiger partial charge on any atom is 0.340 e. The SMILES string of the molecule is Cc1cc(C(=O)OCC(=O)Nc2ccc3ccccc3c2)c(C)n1-c1ccccc1. The number of carbonyl (C=O) groups excluding carboxylic acids is 2. The van der Waals surface area contributed by atoms with Crippen LogP contribution in [0.1, 0.15) is 21.7 Å². The van der Waals surface area contributed by atoms with E-state index in [1.165, 1.54) is 0 Å². The Morgan fingerprint density at radius 2 is 1.57 bits per heavy atom. The molecule has 0 aliphatic rings. The predicted octanol–water partition coefficient (Wildman–Crippen LogP) is 5.04. The second kappa shape index (κ2) is 8.25. The molecule has 0 saturated heterocycles. The Bertz CT molecular complexity index is 1230. The molecule has 4 rings (SSSR count). The van der Waals surface area contributed by atoms with E-state index in [-0.39, 0.29) is 12.5 Å². The van der Waals surface area contributed by atoms with Gasteiger partial charge in [-0.15, -0.1) is 0 Å². The van der Waals surface area contributed by atoms with Crippen LogP contribution in [0, 0.1) is 13.8 Å². The average molecular weight is 398 g/mol. The first-order valence-corrected chi connectivity index (χ1v) is 9.73. The van der Waals surface area contributed by atoms with Gasteiger partial charge in [0.2, 0.25) is 0 Å². The van der Waals surface area contributed by atoms with E-state index in [1.54, 1.807) is 6.07 Å². The summed E-state index contributed by atoms with van der Waals surface area (Å²) in [5.74, 6) is -0.894. The molecule has 0 bridgehead atoms. The number of rotatable bonds is 5. The monoisotopic (exact) mass is 398 g/mol. The van der Waals surface area contributed by atoms with Crippen LogP contribution in [0.25, 0.3) is 16.5 Å². The van der Waals surface area contributed by atoms with Gasteiger partial charge >= 0.3 is 5.97 Å². The number of hydrogen-bond acceptors (Lipinski definition) is 3. The van der Waals surface area contributed by atoms with Gasteiger partial charge in [0, 0.05) is 22.8 Å². The normalized spacial score (nSPS) is 10.7. The van der Waals surface area contributed by atoms with E-state index in [1.807, 2.05) is 91.2 Å². The number of benzene rings is 3. The zero-order valence-electron chi connectivity index (χ0n) is 16.9. The van der Waals surface area contributed by atoms with Crippen molar-refractivity contribution in [2.45, 2.75) is 13.8 Å². The molecule has 0 aliphatic carbocycles. The van der Waals surface area contributed by atoms with Gasteiger partial charge in [-0.3, -0.25) is 4.79 Å². The first-order chi connectivity index (χ1) is 14.5. The van der Waals surface area contributed by atoms with Crippen LogP contribution in [0.3, 0.4) is 0 Å². The Kier molecular flexibility index (Phi) is 5.35. The summed E-state index contributed by atoms with van der Waals surface area (Å²) in [5.41, 5.74) is 3.79. The molecule has 0 saturated carbocycles. The summed E-state index contributed by atoms with van der Waals surface area (Å²) in [6, 6.07) is 25.1. The fraction of sp³-hybridized carbons (Fsp3) is 0.120. The standard InChI is InChI=1S/C25H22N2O3/c1-17-14-23(18(2)27(17)22-10-4-3-5-11-22)25(29)30-16-24(28)26-21-13-12-19-8-6-7-9-20(19)15-21/h3-15H,16H2,1-2H3,(H,26,28). The van der Waals surface area contributed by atoms with E-state index in [4.69, 9.17) is 4.74 Å². The number of carbonyl (C=O) groups is 2. The first kappa shape index (κ1) is 19.5. The highest BCUT2D eigenvalue weighted by Gasteiger charge is 2.19. The number of hydrogen-bond donors (Lipinski definition) is 1. The van der Waals surface area contributed by atoms with Gasteiger partial charge in [-0.25, -0.2) is 4.79 Å². The van der Waals surface area contributed by atoms with Crippen LogP contribution in [-0.2, 0) is 9.53 Å². The molecule has 0 aliphatic heterocycles. The number of ether oxygens (including phenoxy) is 1. The zero-order chi connectivity index (χ0) is 21.1. The molecule has 4 aromatic rings. The van der Waals surface area contributed by atoms with Crippen LogP contribution in [-0.4, -0.2) is 23.1 Å². The van der Waals surface area contributed by atoms with E-state index in [0.717, 1.165) is 27.8 Å². The summed E-state index contributed by atoms with van der Waals surface area (Å²) < 4.78 is 7.26. The van der Waals surface area contributed by atoms with Gasteiger partial charge in [-0.1, -0.05) is 48.5 Å². The van der Waals surface area contributed by atoms with E-state index in [0.29, 0.717) is 11.3 Å². The molecular formula is C25H22N2O3. The quantitative estimate of drug-likeness (QED) is 0.479. The minimum absolute atomic E-state index is 0.347. The highest BCUT2D eigenvalue weighted by atomic mass is 16.5. The van der Waals surface area contributed by atoms with Gasteiger partial charge in [0.25, 0.3) is 5.91 Å². The Hall–Kier alpha value is -3.86. The minimum atomic E-state index is -0.515. The zero-order valence-corrected chi connectivity index (χ0v) is 16.9. The molecule has 1 amide bonds. The van der Waals surface area contributed by atoms with Crippen molar-refractivity contribution in [3.8, 4) is 5.69 Å². The summed E-state index contributed by atoms with van der Waals surface area (Å²) in [4.78, 5) is 24.8. The lowest BCUT2D eigenvalue weighted by atomic mass is 10.1. The molecule has 5 heteroatoms. The molecule has 0 radical (unpaired) electrons. The lowest BCUT2D eigenvalue weighted by molar-refractivity contribution is -0.119. The van der Waals surface area contributed by atoms with E-state index in [2.05, 4.69) is 5.32 Å².